The van der Waals surface area contributed by atoms with Crippen LogP contribution in [0.1, 0.15) is 37.8 Å². The van der Waals surface area contributed by atoms with Crippen LogP contribution in [-0.4, -0.2) is 19.1 Å². The van der Waals surface area contributed by atoms with Gasteiger partial charge in [0.25, 0.3) is 0 Å². The molecule has 0 radical (unpaired) electrons. The minimum absolute atomic E-state index is 0. The van der Waals surface area contributed by atoms with E-state index in [2.05, 4.69) is 5.32 Å². The molecule has 0 aliphatic heterocycles. The normalized spacial score (nSPS) is 29.7. The lowest BCUT2D eigenvalue weighted by Crippen LogP contribution is -2.45. The highest BCUT2D eigenvalue weighted by Crippen LogP contribution is 2.47. The second-order valence-corrected chi connectivity index (χ2v) is 6.52. The Morgan fingerprint density at radius 2 is 2.09 bits per heavy atom. The molecule has 3 N–H and O–H groups in total. The molecule has 2 aliphatic rings. The topological polar surface area (TPSA) is 64.3 Å². The third kappa shape index (κ3) is 3.17. The second kappa shape index (κ2) is 7.05. The zero-order chi connectivity index (χ0) is 15.9. The van der Waals surface area contributed by atoms with Gasteiger partial charge in [-0.3, -0.25) is 4.79 Å². The predicted octanol–water partition coefficient (Wildman–Crippen LogP) is 2.81. The fraction of sp³-hybridized carbons (Fsp3) is 0.588. The van der Waals surface area contributed by atoms with Crippen molar-refractivity contribution in [3.63, 3.8) is 0 Å². The number of fused-ring (bicyclic) bond motifs is 2. The van der Waals surface area contributed by atoms with E-state index in [1.54, 1.807) is 19.1 Å². The van der Waals surface area contributed by atoms with Gasteiger partial charge in [0.15, 0.2) is 0 Å². The first-order chi connectivity index (χ1) is 10.5. The van der Waals surface area contributed by atoms with E-state index in [0.29, 0.717) is 23.1 Å². The van der Waals surface area contributed by atoms with E-state index >= 15 is 0 Å². The SMILES string of the molecule is COc1cccc(F)c1C(C)NC(=O)C1C2CCC(C2)C1N.Cl. The first kappa shape index (κ1) is 18.0. The molecule has 1 aromatic rings. The summed E-state index contributed by atoms with van der Waals surface area (Å²) in [6.45, 7) is 1.78. The van der Waals surface area contributed by atoms with Crippen LogP contribution < -0.4 is 15.8 Å². The van der Waals surface area contributed by atoms with Gasteiger partial charge in [-0.05, 0) is 50.2 Å². The molecule has 0 saturated heterocycles. The molecule has 0 spiro atoms. The number of nitrogens with two attached hydrogens (primary N) is 1. The number of hydrogen-bond donors (Lipinski definition) is 2. The molecule has 2 fully saturated rings. The van der Waals surface area contributed by atoms with E-state index in [1.807, 2.05) is 0 Å². The van der Waals surface area contributed by atoms with Gasteiger partial charge in [-0.1, -0.05) is 6.07 Å². The van der Waals surface area contributed by atoms with Crippen LogP contribution in [0.25, 0.3) is 0 Å². The van der Waals surface area contributed by atoms with Crippen molar-refractivity contribution in [1.82, 2.24) is 5.32 Å². The summed E-state index contributed by atoms with van der Waals surface area (Å²) in [4.78, 5) is 12.6. The van der Waals surface area contributed by atoms with Gasteiger partial charge in [-0.25, -0.2) is 4.39 Å². The molecule has 2 aliphatic carbocycles. The Balaban J connectivity index is 0.00000192. The first-order valence-electron chi connectivity index (χ1n) is 7.91. The summed E-state index contributed by atoms with van der Waals surface area (Å²) in [7, 11) is 1.50. The molecular formula is C17H24ClFN2O2. The van der Waals surface area contributed by atoms with E-state index in [0.717, 1.165) is 19.3 Å². The maximum Gasteiger partial charge on any atom is 0.225 e. The third-order valence-electron chi connectivity index (χ3n) is 5.31. The minimum Gasteiger partial charge on any atom is -0.496 e. The number of benzene rings is 1. The molecule has 0 heterocycles. The predicted molar refractivity (Wildman–Crippen MR) is 89.1 cm³/mol. The zero-order valence-electron chi connectivity index (χ0n) is 13.4. The van der Waals surface area contributed by atoms with Crippen molar-refractivity contribution < 1.29 is 13.9 Å². The van der Waals surface area contributed by atoms with Crippen molar-refractivity contribution >= 4 is 18.3 Å². The average Bonchev–Trinajstić information content (AvgIpc) is 3.07. The van der Waals surface area contributed by atoms with Crippen LogP contribution in [0.3, 0.4) is 0 Å². The van der Waals surface area contributed by atoms with E-state index < -0.39 is 6.04 Å². The second-order valence-electron chi connectivity index (χ2n) is 6.52. The van der Waals surface area contributed by atoms with Crippen molar-refractivity contribution in [2.24, 2.45) is 23.5 Å². The summed E-state index contributed by atoms with van der Waals surface area (Å²) in [6.07, 6.45) is 3.26. The van der Waals surface area contributed by atoms with Gasteiger partial charge < -0.3 is 15.8 Å². The number of halogens is 2. The van der Waals surface area contributed by atoms with Crippen LogP contribution in [0, 0.1) is 23.6 Å². The van der Waals surface area contributed by atoms with Crippen LogP contribution in [0.4, 0.5) is 4.39 Å². The summed E-state index contributed by atoms with van der Waals surface area (Å²) >= 11 is 0. The monoisotopic (exact) mass is 342 g/mol. The summed E-state index contributed by atoms with van der Waals surface area (Å²) < 4.78 is 19.3. The first-order valence-corrected chi connectivity index (χ1v) is 7.91. The molecule has 0 aromatic heterocycles. The number of hydrogen-bond acceptors (Lipinski definition) is 3. The summed E-state index contributed by atoms with van der Waals surface area (Å²) in [6, 6.07) is 4.16. The van der Waals surface area contributed by atoms with E-state index in [4.69, 9.17) is 10.5 Å². The molecule has 3 rings (SSSR count). The Bertz CT molecular complexity index is 582. The standard InChI is InChI=1S/C17H23FN2O2.ClH/c1-9(14-12(18)4-3-5-13(14)22-2)20-17(21)15-10-6-7-11(8-10)16(15)19;/h3-5,9-11,15-16H,6-8,19H2,1-2H3,(H,20,21);1H. The van der Waals surface area contributed by atoms with Crippen LogP contribution in [-0.2, 0) is 4.79 Å². The molecular weight excluding hydrogens is 319 g/mol. The van der Waals surface area contributed by atoms with Gasteiger partial charge in [0.05, 0.1) is 24.6 Å². The number of methoxy groups -OCH3 is 1. The van der Waals surface area contributed by atoms with Crippen LogP contribution in [0.5, 0.6) is 5.75 Å². The molecule has 1 aromatic carbocycles. The molecule has 2 bridgehead atoms. The van der Waals surface area contributed by atoms with Crippen molar-refractivity contribution in [3.05, 3.63) is 29.6 Å². The highest BCUT2D eigenvalue weighted by Gasteiger charge is 2.49. The lowest BCUT2D eigenvalue weighted by atomic mass is 9.84. The Kier molecular flexibility index (Phi) is 5.53. The van der Waals surface area contributed by atoms with Crippen molar-refractivity contribution in [2.75, 3.05) is 7.11 Å². The third-order valence-corrected chi connectivity index (χ3v) is 5.31. The highest BCUT2D eigenvalue weighted by atomic mass is 35.5. The zero-order valence-corrected chi connectivity index (χ0v) is 14.2. The number of rotatable bonds is 4. The number of ether oxygens (including phenoxy) is 1. The minimum atomic E-state index is -0.449. The fourth-order valence-corrected chi connectivity index (χ4v) is 4.22. The van der Waals surface area contributed by atoms with Crippen molar-refractivity contribution in [2.45, 2.75) is 38.3 Å². The molecule has 128 valence electrons. The Labute approximate surface area is 142 Å². The lowest BCUT2D eigenvalue weighted by Gasteiger charge is -2.28. The van der Waals surface area contributed by atoms with Gasteiger partial charge in [0.1, 0.15) is 11.6 Å². The average molecular weight is 343 g/mol. The molecule has 5 unspecified atom stereocenters. The smallest absolute Gasteiger partial charge is 0.225 e. The van der Waals surface area contributed by atoms with Crippen LogP contribution in [0.15, 0.2) is 18.2 Å². The van der Waals surface area contributed by atoms with Gasteiger partial charge in [-0.2, -0.15) is 0 Å². The molecule has 2 saturated carbocycles. The van der Waals surface area contributed by atoms with Gasteiger partial charge >= 0.3 is 0 Å². The Morgan fingerprint density at radius 1 is 1.39 bits per heavy atom. The Morgan fingerprint density at radius 3 is 2.70 bits per heavy atom. The van der Waals surface area contributed by atoms with Crippen molar-refractivity contribution in [1.29, 1.82) is 0 Å². The highest BCUT2D eigenvalue weighted by molar-refractivity contribution is 5.85. The maximum atomic E-state index is 14.1. The quantitative estimate of drug-likeness (QED) is 0.884. The van der Waals surface area contributed by atoms with E-state index in [1.165, 1.54) is 13.2 Å². The fourth-order valence-electron chi connectivity index (χ4n) is 4.22. The summed E-state index contributed by atoms with van der Waals surface area (Å²) in [5.41, 5.74) is 6.59. The van der Waals surface area contributed by atoms with Gasteiger partial charge in [0, 0.05) is 6.04 Å². The van der Waals surface area contributed by atoms with Gasteiger partial charge in [-0.15, -0.1) is 12.4 Å². The Hall–Kier alpha value is -1.33. The molecule has 1 amide bonds. The molecule has 23 heavy (non-hydrogen) atoms. The molecule has 6 heteroatoms. The number of carbonyl (C=O) groups is 1. The van der Waals surface area contributed by atoms with Crippen molar-refractivity contribution in [3.8, 4) is 5.75 Å². The van der Waals surface area contributed by atoms with E-state index in [9.17, 15) is 9.18 Å². The van der Waals surface area contributed by atoms with E-state index in [-0.39, 0.29) is 36.1 Å². The summed E-state index contributed by atoms with van der Waals surface area (Å²) in [5, 5.41) is 2.93. The molecule has 5 atom stereocenters. The summed E-state index contributed by atoms with van der Waals surface area (Å²) in [5.74, 6) is 0.736. The number of amides is 1. The maximum absolute atomic E-state index is 14.1. The lowest BCUT2D eigenvalue weighted by molar-refractivity contribution is -0.127. The van der Waals surface area contributed by atoms with Crippen LogP contribution in [0.2, 0.25) is 0 Å². The number of nitrogens with one attached hydrogen (secondary N) is 1. The van der Waals surface area contributed by atoms with Crippen LogP contribution >= 0.6 is 12.4 Å². The molecule has 4 nitrogen and oxygen atoms in total. The number of carbonyl (C=O) groups excluding carboxylic acids is 1. The largest absolute Gasteiger partial charge is 0.496 e. The van der Waals surface area contributed by atoms with Gasteiger partial charge in [0.2, 0.25) is 5.91 Å².